The largest absolute Gasteiger partial charge is 0.355 e. The summed E-state index contributed by atoms with van der Waals surface area (Å²) in [5.74, 6) is 0.970. The van der Waals surface area contributed by atoms with Gasteiger partial charge >= 0.3 is 0 Å². The number of thioether (sulfide) groups is 1. The van der Waals surface area contributed by atoms with E-state index in [9.17, 15) is 13.2 Å². The van der Waals surface area contributed by atoms with E-state index in [0.29, 0.717) is 41.7 Å². The molecule has 30 heavy (non-hydrogen) atoms. The second-order valence-electron chi connectivity index (χ2n) is 7.77. The highest BCUT2D eigenvalue weighted by Crippen LogP contribution is 2.29. The second kappa shape index (κ2) is 9.49. The van der Waals surface area contributed by atoms with E-state index in [1.165, 1.54) is 16.1 Å². The summed E-state index contributed by atoms with van der Waals surface area (Å²) >= 11 is 1.46. The molecule has 8 nitrogen and oxygen atoms in total. The van der Waals surface area contributed by atoms with Crippen LogP contribution < -0.4 is 5.32 Å². The monoisotopic (exact) mass is 451 g/mol. The zero-order valence-corrected chi connectivity index (χ0v) is 19.5. The van der Waals surface area contributed by atoms with Crippen molar-refractivity contribution in [1.82, 2.24) is 24.8 Å². The van der Waals surface area contributed by atoms with Crippen LogP contribution in [0.5, 0.6) is 0 Å². The zero-order valence-electron chi connectivity index (χ0n) is 17.9. The van der Waals surface area contributed by atoms with E-state index in [-0.39, 0.29) is 18.4 Å². The van der Waals surface area contributed by atoms with Gasteiger partial charge in [0.15, 0.2) is 0 Å². The third kappa shape index (κ3) is 5.22. The minimum atomic E-state index is -3.64. The maximum atomic E-state index is 13.3. The first-order chi connectivity index (χ1) is 14.2. The number of H-pyrrole nitrogens is 1. The summed E-state index contributed by atoms with van der Waals surface area (Å²) in [5, 5.41) is 10.4. The molecule has 0 aliphatic carbocycles. The molecule has 1 aromatic heterocycles. The molecule has 0 unspecified atom stereocenters. The van der Waals surface area contributed by atoms with Crippen molar-refractivity contribution >= 4 is 27.7 Å². The predicted octanol–water partition coefficient (Wildman–Crippen LogP) is 2.35. The average molecular weight is 452 g/mol. The van der Waals surface area contributed by atoms with E-state index < -0.39 is 10.0 Å². The molecule has 1 atom stereocenters. The lowest BCUT2D eigenvalue weighted by Gasteiger charge is -2.32. The Bertz CT molecular complexity index is 996. The van der Waals surface area contributed by atoms with Gasteiger partial charge in [-0.3, -0.25) is 9.89 Å². The van der Waals surface area contributed by atoms with E-state index in [2.05, 4.69) is 20.5 Å². The van der Waals surface area contributed by atoms with Gasteiger partial charge in [-0.25, -0.2) is 13.4 Å². The van der Waals surface area contributed by atoms with Crippen molar-refractivity contribution in [2.24, 2.45) is 5.92 Å². The molecule has 164 valence electrons. The first-order valence-corrected chi connectivity index (χ1v) is 12.5. The third-order valence-electron chi connectivity index (χ3n) is 5.17. The highest BCUT2D eigenvalue weighted by atomic mass is 32.2. The number of nitrogens with one attached hydrogen (secondary N) is 2. The number of hydrogen-bond acceptors (Lipinski definition) is 6. The number of piperidine rings is 1. The summed E-state index contributed by atoms with van der Waals surface area (Å²) in [6.07, 6.45) is 1.36. The number of carbonyl (C=O) groups excluding carboxylic acids is 1. The number of hydrogen-bond donors (Lipinski definition) is 2. The highest BCUT2D eigenvalue weighted by molar-refractivity contribution is 7.99. The molecule has 0 radical (unpaired) electrons. The molecular formula is C20H29N5O3S2. The Balaban J connectivity index is 1.59. The van der Waals surface area contributed by atoms with Gasteiger partial charge in [0.1, 0.15) is 5.82 Å². The molecule has 1 aliphatic heterocycles. The fourth-order valence-electron chi connectivity index (χ4n) is 3.93. The summed E-state index contributed by atoms with van der Waals surface area (Å²) in [6, 6.07) is 3.78. The van der Waals surface area contributed by atoms with Gasteiger partial charge in [0.05, 0.1) is 10.8 Å². The van der Waals surface area contributed by atoms with Gasteiger partial charge < -0.3 is 5.32 Å². The van der Waals surface area contributed by atoms with Gasteiger partial charge in [-0.05, 0) is 51.7 Å². The lowest BCUT2D eigenvalue weighted by atomic mass is 9.99. The number of amides is 1. The van der Waals surface area contributed by atoms with Gasteiger partial charge in [-0.2, -0.15) is 4.31 Å². The smallest absolute Gasteiger partial charge is 0.243 e. The maximum Gasteiger partial charge on any atom is 0.243 e. The van der Waals surface area contributed by atoms with Crippen molar-refractivity contribution in [3.05, 3.63) is 34.6 Å². The molecule has 0 saturated carbocycles. The lowest BCUT2D eigenvalue weighted by molar-refractivity contribution is -0.125. The van der Waals surface area contributed by atoms with Gasteiger partial charge in [0, 0.05) is 25.4 Å². The van der Waals surface area contributed by atoms with Crippen molar-refractivity contribution in [3.63, 3.8) is 0 Å². The Hall–Kier alpha value is -1.91. The number of sulfonamides is 1. The van der Waals surface area contributed by atoms with Gasteiger partial charge in [0.2, 0.25) is 21.1 Å². The molecule has 10 heteroatoms. The van der Waals surface area contributed by atoms with E-state index in [4.69, 9.17) is 0 Å². The summed E-state index contributed by atoms with van der Waals surface area (Å²) in [5.41, 5.74) is 2.54. The van der Waals surface area contributed by atoms with Crippen LogP contribution in [0.15, 0.2) is 22.2 Å². The normalized spacial score (nSPS) is 17.8. The number of rotatable bonds is 7. The molecule has 2 aromatic rings. The molecule has 1 amide bonds. The maximum absolute atomic E-state index is 13.3. The summed E-state index contributed by atoms with van der Waals surface area (Å²) in [6.45, 7) is 8.59. The van der Waals surface area contributed by atoms with Crippen LogP contribution >= 0.6 is 11.8 Å². The van der Waals surface area contributed by atoms with Crippen molar-refractivity contribution in [3.8, 4) is 0 Å². The topological polar surface area (TPSA) is 108 Å². The molecular weight excluding hydrogens is 422 g/mol. The summed E-state index contributed by atoms with van der Waals surface area (Å²) in [4.78, 5) is 17.2. The van der Waals surface area contributed by atoms with Crippen LogP contribution in [0.3, 0.4) is 0 Å². The Labute approximate surface area is 182 Å². The lowest BCUT2D eigenvalue weighted by Crippen LogP contribution is -2.46. The number of benzene rings is 1. The molecule has 0 bridgehead atoms. The van der Waals surface area contributed by atoms with Crippen molar-refractivity contribution in [2.75, 3.05) is 25.4 Å². The van der Waals surface area contributed by atoms with Crippen molar-refractivity contribution < 1.29 is 13.2 Å². The average Bonchev–Trinajstić information content (AvgIpc) is 3.09. The minimum Gasteiger partial charge on any atom is -0.355 e. The van der Waals surface area contributed by atoms with Crippen LogP contribution in [-0.4, -0.2) is 59.2 Å². The van der Waals surface area contributed by atoms with Crippen LogP contribution in [0.25, 0.3) is 0 Å². The molecule has 1 aromatic carbocycles. The van der Waals surface area contributed by atoms with Crippen molar-refractivity contribution in [1.29, 1.82) is 0 Å². The quantitative estimate of drug-likeness (QED) is 0.494. The van der Waals surface area contributed by atoms with E-state index in [1.807, 2.05) is 39.8 Å². The number of aromatic nitrogens is 3. The molecule has 0 spiro atoms. The van der Waals surface area contributed by atoms with Crippen molar-refractivity contribution in [2.45, 2.75) is 50.6 Å². The molecule has 2 N–H and O–H groups in total. The van der Waals surface area contributed by atoms with Crippen LogP contribution in [-0.2, 0) is 14.8 Å². The number of aromatic amines is 1. The number of nitrogens with zero attached hydrogens (tertiary/aromatic N) is 3. The fraction of sp³-hybridized carbons (Fsp3) is 0.550. The predicted molar refractivity (Wildman–Crippen MR) is 117 cm³/mol. The number of aryl methyl sites for hydroxylation is 4. The molecule has 3 rings (SSSR count). The summed E-state index contributed by atoms with van der Waals surface area (Å²) in [7, 11) is -3.64. The zero-order chi connectivity index (χ0) is 21.9. The Morgan fingerprint density at radius 2 is 1.97 bits per heavy atom. The summed E-state index contributed by atoms with van der Waals surface area (Å²) < 4.78 is 28.1. The van der Waals surface area contributed by atoms with Crippen LogP contribution in [0.1, 0.15) is 35.4 Å². The van der Waals surface area contributed by atoms with Crippen LogP contribution in [0, 0.1) is 33.6 Å². The second-order valence-corrected chi connectivity index (χ2v) is 10.7. The number of carbonyl (C=O) groups is 1. The first-order valence-electron chi connectivity index (χ1n) is 10.1. The molecule has 1 fully saturated rings. The third-order valence-corrected chi connectivity index (χ3v) is 8.19. The molecule has 2 heterocycles. The van der Waals surface area contributed by atoms with Gasteiger partial charge in [-0.1, -0.05) is 29.5 Å². The minimum absolute atomic E-state index is 0.0981. The van der Waals surface area contributed by atoms with E-state index in [0.717, 1.165) is 22.5 Å². The highest BCUT2D eigenvalue weighted by Gasteiger charge is 2.34. The Morgan fingerprint density at radius 1 is 1.27 bits per heavy atom. The standard InChI is InChI=1S/C20H29N5O3S2/c1-13-10-14(2)18(15(3)11-13)30(27,28)25-8-5-6-17(12-25)19(26)21-7-9-29-20-22-16(4)23-24-20/h10-11,17H,5-9,12H2,1-4H3,(H,21,26)(H,22,23,24)/t17-/m0/s1. The van der Waals surface area contributed by atoms with E-state index in [1.54, 1.807) is 0 Å². The van der Waals surface area contributed by atoms with E-state index >= 15 is 0 Å². The van der Waals surface area contributed by atoms with Crippen LogP contribution in [0.4, 0.5) is 0 Å². The SMILES string of the molecule is Cc1cc(C)c(S(=O)(=O)N2CCC[C@H](C(=O)NCCSc3n[nH]c(C)n3)C2)c(C)c1. The first kappa shape index (κ1) is 22.8. The van der Waals surface area contributed by atoms with Gasteiger partial charge in [0.25, 0.3) is 0 Å². The molecule has 1 saturated heterocycles. The Morgan fingerprint density at radius 3 is 2.60 bits per heavy atom. The molecule has 1 aliphatic rings. The van der Waals surface area contributed by atoms with Gasteiger partial charge in [-0.15, -0.1) is 5.10 Å². The fourth-order valence-corrected chi connectivity index (χ4v) is 6.56. The Kier molecular flexibility index (Phi) is 7.20. The van der Waals surface area contributed by atoms with Crippen LogP contribution in [0.2, 0.25) is 0 Å².